The highest BCUT2D eigenvalue weighted by molar-refractivity contribution is 7.34. The van der Waals surface area contributed by atoms with E-state index in [0.29, 0.717) is 12.8 Å². The molecule has 1 rings (SSSR count). The standard InChI is InChI=1S/C4H7N2O2P/c5-9-6-3(7)1-2-4(6)8/h9H,1-2,5H2. The van der Waals surface area contributed by atoms with Gasteiger partial charge in [0.25, 0.3) is 0 Å². The molecule has 1 aliphatic heterocycles. The van der Waals surface area contributed by atoms with Gasteiger partial charge in [-0.15, -0.1) is 0 Å². The van der Waals surface area contributed by atoms with E-state index in [2.05, 4.69) is 0 Å². The van der Waals surface area contributed by atoms with Crippen LogP contribution in [0.4, 0.5) is 0 Å². The fourth-order valence-corrected chi connectivity index (χ4v) is 1.23. The summed E-state index contributed by atoms with van der Waals surface area (Å²) in [6, 6.07) is 0. The number of carbonyl (C=O) groups is 2. The van der Waals surface area contributed by atoms with Crippen molar-refractivity contribution in [3.8, 4) is 0 Å². The molecular formula is C4H7N2O2P. The lowest BCUT2D eigenvalue weighted by molar-refractivity contribution is -0.132. The molecule has 1 fully saturated rings. The van der Waals surface area contributed by atoms with Gasteiger partial charge < -0.3 is 0 Å². The van der Waals surface area contributed by atoms with Gasteiger partial charge in [0.05, 0.1) is 8.88 Å². The van der Waals surface area contributed by atoms with Crippen molar-refractivity contribution in [2.75, 3.05) is 0 Å². The molecule has 0 bridgehead atoms. The largest absolute Gasteiger partial charge is 0.295 e. The Morgan fingerprint density at radius 3 is 2.00 bits per heavy atom. The van der Waals surface area contributed by atoms with E-state index < -0.39 is 0 Å². The Hall–Kier alpha value is -0.470. The molecule has 0 saturated carbocycles. The number of hydrogen-bond donors (Lipinski definition) is 1. The molecule has 0 aliphatic carbocycles. The summed E-state index contributed by atoms with van der Waals surface area (Å²) in [4.78, 5) is 21.3. The Kier molecular flexibility index (Phi) is 1.78. The summed E-state index contributed by atoms with van der Waals surface area (Å²) in [5.41, 5.74) is 5.13. The molecule has 2 amide bonds. The van der Waals surface area contributed by atoms with Crippen LogP contribution in [0, 0.1) is 0 Å². The van der Waals surface area contributed by atoms with E-state index in [1.54, 1.807) is 0 Å². The van der Waals surface area contributed by atoms with Crippen LogP contribution in [-0.4, -0.2) is 16.5 Å². The van der Waals surface area contributed by atoms with Crippen molar-refractivity contribution in [3.63, 3.8) is 0 Å². The van der Waals surface area contributed by atoms with Crippen molar-refractivity contribution in [2.24, 2.45) is 5.50 Å². The number of nitrogens with zero attached hydrogens (tertiary/aromatic N) is 1. The van der Waals surface area contributed by atoms with E-state index in [0.717, 1.165) is 4.67 Å². The van der Waals surface area contributed by atoms with E-state index in [4.69, 9.17) is 5.50 Å². The molecule has 9 heavy (non-hydrogen) atoms. The van der Waals surface area contributed by atoms with Gasteiger partial charge in [-0.05, 0) is 0 Å². The smallest absolute Gasteiger partial charge is 0.233 e. The minimum atomic E-state index is -0.194. The highest BCUT2D eigenvalue weighted by Gasteiger charge is 2.27. The van der Waals surface area contributed by atoms with Crippen LogP contribution in [0.5, 0.6) is 0 Å². The molecule has 0 aromatic heterocycles. The normalized spacial score (nSPS) is 20.8. The van der Waals surface area contributed by atoms with E-state index in [-0.39, 0.29) is 20.7 Å². The molecule has 5 heteroatoms. The van der Waals surface area contributed by atoms with Crippen molar-refractivity contribution in [1.29, 1.82) is 0 Å². The van der Waals surface area contributed by atoms with Crippen LogP contribution in [-0.2, 0) is 9.59 Å². The Labute approximate surface area is 54.3 Å². The second-order valence-electron chi connectivity index (χ2n) is 1.75. The average Bonchev–Trinajstić information content (AvgIpc) is 2.12. The van der Waals surface area contributed by atoms with Gasteiger partial charge in [-0.1, -0.05) is 0 Å². The van der Waals surface area contributed by atoms with Gasteiger partial charge in [-0.25, -0.2) is 0 Å². The number of nitrogens with two attached hydrogens (primary N) is 1. The van der Waals surface area contributed by atoms with Crippen molar-refractivity contribution < 1.29 is 9.59 Å². The lowest BCUT2D eigenvalue weighted by Gasteiger charge is -2.07. The van der Waals surface area contributed by atoms with E-state index in [1.165, 1.54) is 0 Å². The summed E-state index contributed by atoms with van der Waals surface area (Å²) >= 11 is 0. The van der Waals surface area contributed by atoms with Crippen molar-refractivity contribution in [1.82, 2.24) is 4.67 Å². The number of carbonyl (C=O) groups excluding carboxylic acids is 2. The predicted octanol–water partition coefficient (Wildman–Crippen LogP) is -0.397. The SMILES string of the molecule is NPN1C(=O)CCC1=O. The highest BCUT2D eigenvalue weighted by Crippen LogP contribution is 2.20. The van der Waals surface area contributed by atoms with Crippen LogP contribution >= 0.6 is 8.88 Å². The van der Waals surface area contributed by atoms with Crippen molar-refractivity contribution in [2.45, 2.75) is 12.8 Å². The summed E-state index contributed by atoms with van der Waals surface area (Å²) in [5, 5.41) is 0. The zero-order valence-electron chi connectivity index (χ0n) is 4.76. The molecule has 1 saturated heterocycles. The lowest BCUT2D eigenvalue weighted by Crippen LogP contribution is -2.21. The molecule has 0 spiro atoms. The van der Waals surface area contributed by atoms with Gasteiger partial charge in [0.15, 0.2) is 0 Å². The molecule has 4 nitrogen and oxygen atoms in total. The Balaban J connectivity index is 2.66. The first-order valence-electron chi connectivity index (χ1n) is 2.57. The third kappa shape index (κ3) is 1.09. The molecule has 2 N–H and O–H groups in total. The summed E-state index contributed by atoms with van der Waals surface area (Å²) in [5.74, 6) is -0.276. The Bertz CT molecular complexity index is 143. The lowest BCUT2D eigenvalue weighted by atomic mass is 10.4. The topological polar surface area (TPSA) is 63.4 Å². The number of hydrogen-bond acceptors (Lipinski definition) is 3. The molecule has 0 aromatic carbocycles. The monoisotopic (exact) mass is 146 g/mol. The maximum absolute atomic E-state index is 10.6. The fourth-order valence-electron chi connectivity index (χ4n) is 0.721. The molecule has 0 radical (unpaired) electrons. The van der Waals surface area contributed by atoms with Gasteiger partial charge in [0.2, 0.25) is 11.8 Å². The van der Waals surface area contributed by atoms with Gasteiger partial charge in [-0.2, -0.15) is 0 Å². The average molecular weight is 146 g/mol. The van der Waals surface area contributed by atoms with Gasteiger partial charge >= 0.3 is 0 Å². The van der Waals surface area contributed by atoms with Crippen LogP contribution in [0.1, 0.15) is 12.8 Å². The molecular weight excluding hydrogens is 139 g/mol. The minimum absolute atomic E-state index is 0.138. The quantitative estimate of drug-likeness (QED) is 0.404. The van der Waals surface area contributed by atoms with Crippen LogP contribution in [0.25, 0.3) is 0 Å². The maximum Gasteiger partial charge on any atom is 0.233 e. The number of imide groups is 1. The summed E-state index contributed by atoms with van der Waals surface area (Å²) in [6.07, 6.45) is 0.673. The van der Waals surface area contributed by atoms with Crippen LogP contribution < -0.4 is 5.50 Å². The van der Waals surface area contributed by atoms with Crippen molar-refractivity contribution >= 4 is 20.7 Å². The molecule has 50 valence electrons. The first kappa shape index (κ1) is 6.65. The Morgan fingerprint density at radius 1 is 1.33 bits per heavy atom. The Morgan fingerprint density at radius 2 is 1.78 bits per heavy atom. The molecule has 1 aliphatic rings. The summed E-state index contributed by atoms with van der Waals surface area (Å²) < 4.78 is 1.10. The minimum Gasteiger partial charge on any atom is -0.295 e. The number of amides is 2. The first-order chi connectivity index (χ1) is 4.25. The molecule has 1 heterocycles. The van der Waals surface area contributed by atoms with Crippen molar-refractivity contribution in [3.05, 3.63) is 0 Å². The van der Waals surface area contributed by atoms with Crippen LogP contribution in [0.2, 0.25) is 0 Å². The summed E-state index contributed by atoms with van der Waals surface area (Å²) in [7, 11) is -0.194. The van der Waals surface area contributed by atoms with Gasteiger partial charge in [0.1, 0.15) is 0 Å². The zero-order chi connectivity index (χ0) is 6.85. The molecule has 0 aromatic rings. The fraction of sp³-hybridized carbons (Fsp3) is 0.500. The second-order valence-corrected chi connectivity index (χ2v) is 2.46. The third-order valence-corrected chi connectivity index (χ3v) is 1.94. The number of rotatable bonds is 1. The summed E-state index contributed by atoms with van der Waals surface area (Å²) in [6.45, 7) is 0. The van der Waals surface area contributed by atoms with E-state index in [1.807, 2.05) is 0 Å². The van der Waals surface area contributed by atoms with Gasteiger partial charge in [-0.3, -0.25) is 19.8 Å². The highest BCUT2D eigenvalue weighted by atomic mass is 31.1. The van der Waals surface area contributed by atoms with E-state index in [9.17, 15) is 9.59 Å². The molecule has 1 atom stereocenters. The predicted molar refractivity (Wildman–Crippen MR) is 33.6 cm³/mol. The second kappa shape index (κ2) is 2.42. The maximum atomic E-state index is 10.6. The van der Waals surface area contributed by atoms with Gasteiger partial charge in [0, 0.05) is 12.8 Å². The van der Waals surface area contributed by atoms with Crippen LogP contribution in [0.3, 0.4) is 0 Å². The van der Waals surface area contributed by atoms with Crippen LogP contribution in [0.15, 0.2) is 0 Å². The first-order valence-corrected chi connectivity index (χ1v) is 3.60. The third-order valence-electron chi connectivity index (χ3n) is 1.18. The van der Waals surface area contributed by atoms with E-state index >= 15 is 0 Å². The zero-order valence-corrected chi connectivity index (χ0v) is 5.76. The molecule has 1 unspecified atom stereocenters.